The van der Waals surface area contributed by atoms with Crippen LogP contribution in [0.4, 0.5) is 0 Å². The van der Waals surface area contributed by atoms with Crippen LogP contribution < -0.4 is 5.32 Å². The summed E-state index contributed by atoms with van der Waals surface area (Å²) in [4.78, 5) is 26.4. The highest BCUT2D eigenvalue weighted by molar-refractivity contribution is 6.04. The Labute approximate surface area is 176 Å². The summed E-state index contributed by atoms with van der Waals surface area (Å²) in [6.45, 7) is 6.92. The standard InChI is InChI=1S/C24H29NO5/c1-14-20(23(28)30-13-17-5-4-10-29-17)21(15-6-8-16(26)9-7-15)22-18(25-14)11-24(2,3)12-19(22)27/h6-9,17,21,25-26H,4-5,10-13H2,1-3H3/t17-,21+/m1/s1. The number of esters is 1. The first kappa shape index (κ1) is 20.7. The number of dihydropyridines is 1. The van der Waals surface area contributed by atoms with Gasteiger partial charge in [0.15, 0.2) is 5.78 Å². The van der Waals surface area contributed by atoms with E-state index in [1.165, 1.54) is 0 Å². The number of ether oxygens (including phenoxy) is 2. The van der Waals surface area contributed by atoms with Crippen molar-refractivity contribution in [2.24, 2.45) is 5.41 Å². The van der Waals surface area contributed by atoms with Crippen LogP contribution in [-0.4, -0.2) is 36.2 Å². The van der Waals surface area contributed by atoms with Crippen LogP contribution in [0.2, 0.25) is 0 Å². The second kappa shape index (κ2) is 7.91. The fourth-order valence-corrected chi connectivity index (χ4v) is 4.73. The minimum absolute atomic E-state index is 0.0451. The summed E-state index contributed by atoms with van der Waals surface area (Å²) >= 11 is 0. The Morgan fingerprint density at radius 3 is 2.67 bits per heavy atom. The summed E-state index contributed by atoms with van der Waals surface area (Å²) in [5.41, 5.74) is 3.32. The van der Waals surface area contributed by atoms with Crippen molar-refractivity contribution in [3.05, 3.63) is 52.4 Å². The zero-order valence-corrected chi connectivity index (χ0v) is 17.8. The number of rotatable bonds is 4. The first-order valence-electron chi connectivity index (χ1n) is 10.6. The van der Waals surface area contributed by atoms with E-state index in [2.05, 4.69) is 19.2 Å². The second-order valence-electron chi connectivity index (χ2n) is 9.25. The van der Waals surface area contributed by atoms with E-state index >= 15 is 0 Å². The smallest absolute Gasteiger partial charge is 0.336 e. The lowest BCUT2D eigenvalue weighted by atomic mass is 9.68. The molecule has 0 aromatic heterocycles. The number of hydrogen-bond donors (Lipinski definition) is 2. The molecule has 0 spiro atoms. The van der Waals surface area contributed by atoms with Gasteiger partial charge in [0.2, 0.25) is 0 Å². The number of ketones is 1. The van der Waals surface area contributed by atoms with E-state index in [0.717, 1.165) is 30.5 Å². The minimum atomic E-state index is -0.512. The number of aromatic hydroxyl groups is 1. The van der Waals surface area contributed by atoms with Crippen LogP contribution in [0.1, 0.15) is 57.9 Å². The fraction of sp³-hybridized carbons (Fsp3) is 0.500. The lowest BCUT2D eigenvalue weighted by Gasteiger charge is -2.39. The molecule has 2 heterocycles. The molecular weight excluding hydrogens is 382 g/mol. The van der Waals surface area contributed by atoms with Crippen molar-refractivity contribution in [3.8, 4) is 5.75 Å². The van der Waals surface area contributed by atoms with E-state index in [4.69, 9.17) is 9.47 Å². The van der Waals surface area contributed by atoms with Gasteiger partial charge in [0.1, 0.15) is 12.4 Å². The zero-order valence-electron chi connectivity index (χ0n) is 17.8. The summed E-state index contributed by atoms with van der Waals surface area (Å²) in [5.74, 6) is -0.759. The molecule has 1 saturated heterocycles. The number of nitrogens with one attached hydrogen (secondary N) is 1. The molecule has 1 aromatic carbocycles. The van der Waals surface area contributed by atoms with Crippen molar-refractivity contribution in [3.63, 3.8) is 0 Å². The van der Waals surface area contributed by atoms with Gasteiger partial charge in [-0.2, -0.15) is 0 Å². The van der Waals surface area contributed by atoms with E-state index in [9.17, 15) is 14.7 Å². The van der Waals surface area contributed by atoms with Crippen LogP contribution in [0, 0.1) is 5.41 Å². The number of phenols is 1. The Balaban J connectivity index is 1.71. The van der Waals surface area contributed by atoms with Gasteiger partial charge in [-0.05, 0) is 49.3 Å². The molecule has 1 aromatic rings. The molecule has 2 N–H and O–H groups in total. The monoisotopic (exact) mass is 411 g/mol. The first-order chi connectivity index (χ1) is 14.2. The Hall–Kier alpha value is -2.60. The molecule has 2 aliphatic heterocycles. The molecular formula is C24H29NO5. The number of carbonyl (C=O) groups is 2. The van der Waals surface area contributed by atoms with Gasteiger partial charge in [0.05, 0.1) is 11.7 Å². The third kappa shape index (κ3) is 4.01. The molecule has 1 aliphatic carbocycles. The molecule has 6 nitrogen and oxygen atoms in total. The Kier molecular flexibility index (Phi) is 5.45. The van der Waals surface area contributed by atoms with Gasteiger partial charge in [0.25, 0.3) is 0 Å². The summed E-state index contributed by atoms with van der Waals surface area (Å²) in [7, 11) is 0. The van der Waals surface area contributed by atoms with Crippen molar-refractivity contribution in [1.82, 2.24) is 5.32 Å². The van der Waals surface area contributed by atoms with Crippen LogP contribution in [0.3, 0.4) is 0 Å². The van der Waals surface area contributed by atoms with E-state index < -0.39 is 11.9 Å². The van der Waals surface area contributed by atoms with E-state index in [0.29, 0.717) is 29.9 Å². The number of allylic oxidation sites excluding steroid dienone is 3. The molecule has 0 saturated carbocycles. The summed E-state index contributed by atoms with van der Waals surface area (Å²) < 4.78 is 11.2. The predicted molar refractivity (Wildman–Crippen MR) is 112 cm³/mol. The lowest BCUT2D eigenvalue weighted by Crippen LogP contribution is -2.39. The van der Waals surface area contributed by atoms with Crippen LogP contribution in [0.25, 0.3) is 0 Å². The van der Waals surface area contributed by atoms with Gasteiger partial charge in [-0.1, -0.05) is 26.0 Å². The first-order valence-corrected chi connectivity index (χ1v) is 10.6. The van der Waals surface area contributed by atoms with Crippen LogP contribution in [0.5, 0.6) is 5.75 Å². The average molecular weight is 411 g/mol. The maximum Gasteiger partial charge on any atom is 0.336 e. The minimum Gasteiger partial charge on any atom is -0.508 e. The van der Waals surface area contributed by atoms with Gasteiger partial charge < -0.3 is 19.9 Å². The molecule has 2 atom stereocenters. The average Bonchev–Trinajstić information content (AvgIpc) is 3.18. The van der Waals surface area contributed by atoms with Crippen molar-refractivity contribution in [2.75, 3.05) is 13.2 Å². The molecule has 0 bridgehead atoms. The fourth-order valence-electron chi connectivity index (χ4n) is 4.73. The molecule has 30 heavy (non-hydrogen) atoms. The van der Waals surface area contributed by atoms with Gasteiger partial charge in [0, 0.05) is 35.9 Å². The lowest BCUT2D eigenvalue weighted by molar-refractivity contribution is -0.142. The van der Waals surface area contributed by atoms with Gasteiger partial charge in [-0.15, -0.1) is 0 Å². The van der Waals surface area contributed by atoms with Crippen molar-refractivity contribution in [2.45, 2.75) is 58.5 Å². The third-order valence-corrected chi connectivity index (χ3v) is 6.11. The van der Waals surface area contributed by atoms with E-state index in [1.54, 1.807) is 24.3 Å². The van der Waals surface area contributed by atoms with Gasteiger partial charge in [-0.25, -0.2) is 4.79 Å². The molecule has 0 radical (unpaired) electrons. The topological polar surface area (TPSA) is 84.9 Å². The largest absolute Gasteiger partial charge is 0.508 e. The molecule has 1 fully saturated rings. The number of Topliss-reactive ketones (excluding diaryl/α,β-unsaturated/α-hetero) is 1. The summed E-state index contributed by atoms with van der Waals surface area (Å²) in [6.07, 6.45) is 2.96. The molecule has 160 valence electrons. The van der Waals surface area contributed by atoms with Crippen LogP contribution in [0.15, 0.2) is 46.8 Å². The Morgan fingerprint density at radius 1 is 1.27 bits per heavy atom. The second-order valence-corrected chi connectivity index (χ2v) is 9.25. The highest BCUT2D eigenvalue weighted by Gasteiger charge is 2.43. The third-order valence-electron chi connectivity index (χ3n) is 6.11. The quantitative estimate of drug-likeness (QED) is 0.735. The molecule has 6 heteroatoms. The summed E-state index contributed by atoms with van der Waals surface area (Å²) in [5, 5.41) is 13.1. The van der Waals surface area contributed by atoms with Gasteiger partial charge in [-0.3, -0.25) is 4.79 Å². The molecule has 0 amide bonds. The van der Waals surface area contributed by atoms with Crippen LogP contribution >= 0.6 is 0 Å². The van der Waals surface area contributed by atoms with Crippen molar-refractivity contribution < 1.29 is 24.2 Å². The molecule has 3 aliphatic rings. The Bertz CT molecular complexity index is 919. The van der Waals surface area contributed by atoms with E-state index in [-0.39, 0.29) is 29.7 Å². The van der Waals surface area contributed by atoms with Crippen molar-refractivity contribution in [1.29, 1.82) is 0 Å². The molecule has 0 unspecified atom stereocenters. The zero-order chi connectivity index (χ0) is 21.5. The normalized spacial score (nSPS) is 25.8. The number of hydrogen-bond acceptors (Lipinski definition) is 6. The Morgan fingerprint density at radius 2 is 2.00 bits per heavy atom. The van der Waals surface area contributed by atoms with Crippen molar-refractivity contribution >= 4 is 11.8 Å². The van der Waals surface area contributed by atoms with Crippen LogP contribution in [-0.2, 0) is 19.1 Å². The number of benzene rings is 1. The van der Waals surface area contributed by atoms with Gasteiger partial charge >= 0.3 is 5.97 Å². The number of phenolic OH excluding ortho intramolecular Hbond substituents is 1. The number of carbonyl (C=O) groups excluding carboxylic acids is 2. The SMILES string of the molecule is CC1=C(C(=O)OC[C@H]2CCCO2)[C@H](c2ccc(O)cc2)C2=C(CC(C)(C)CC2=O)N1. The molecule has 4 rings (SSSR count). The highest BCUT2D eigenvalue weighted by Crippen LogP contribution is 2.46. The summed E-state index contributed by atoms with van der Waals surface area (Å²) in [6, 6.07) is 6.70. The highest BCUT2D eigenvalue weighted by atomic mass is 16.6. The maximum absolute atomic E-state index is 13.2. The maximum atomic E-state index is 13.2. The predicted octanol–water partition coefficient (Wildman–Crippen LogP) is 3.72. The van der Waals surface area contributed by atoms with E-state index in [1.807, 2.05) is 6.92 Å².